The van der Waals surface area contributed by atoms with E-state index in [2.05, 4.69) is 0 Å². The Morgan fingerprint density at radius 1 is 1.09 bits per heavy atom. The molecule has 0 atom stereocenters. The van der Waals surface area contributed by atoms with Crippen LogP contribution in [0.4, 0.5) is 23.2 Å². The van der Waals surface area contributed by atoms with Gasteiger partial charge in [-0.2, -0.15) is 13.2 Å². The number of piperazine rings is 1. The number of aliphatic hydroxyl groups is 1. The highest BCUT2D eigenvalue weighted by Crippen LogP contribution is 2.51. The van der Waals surface area contributed by atoms with Crippen LogP contribution in [0.25, 0.3) is 0 Å². The minimum absolute atomic E-state index is 0.0805. The lowest BCUT2D eigenvalue weighted by molar-refractivity contribution is -0.171. The molecule has 0 radical (unpaired) electrons. The molecule has 1 saturated heterocycles. The van der Waals surface area contributed by atoms with Crippen molar-refractivity contribution in [1.82, 2.24) is 4.90 Å². The van der Waals surface area contributed by atoms with Crippen molar-refractivity contribution in [2.45, 2.75) is 50.6 Å². The molecule has 2 aliphatic rings. The van der Waals surface area contributed by atoms with Crippen molar-refractivity contribution in [2.75, 3.05) is 11.4 Å². The third-order valence-electron chi connectivity index (χ3n) is 6.74. The quantitative estimate of drug-likeness (QED) is 0.616. The van der Waals surface area contributed by atoms with E-state index >= 15 is 0 Å². The van der Waals surface area contributed by atoms with Crippen molar-refractivity contribution in [3.8, 4) is 0 Å². The highest BCUT2D eigenvalue weighted by Gasteiger charge is 2.62. The molecule has 1 aliphatic carbocycles. The first-order chi connectivity index (χ1) is 15.7. The summed E-state index contributed by atoms with van der Waals surface area (Å²) < 4.78 is 53.4. The lowest BCUT2D eigenvalue weighted by Gasteiger charge is -2.59. The van der Waals surface area contributed by atoms with Crippen molar-refractivity contribution < 1.29 is 32.3 Å². The van der Waals surface area contributed by atoms with Gasteiger partial charge in [0, 0.05) is 11.6 Å². The average molecular weight is 499 g/mol. The highest BCUT2D eigenvalue weighted by molar-refractivity contribution is 6.30. The maximum absolute atomic E-state index is 14.6. The lowest BCUT2D eigenvalue weighted by atomic mass is 9.60. The standard InChI is InChI=1S/C24H23ClF4N2O3/c1-22(2,34)16-10-23(11-16)21(33)30(19-8-7-17(25)9-18(19)26)13-20(32)31(23)12-14-3-5-15(6-4-14)24(27,28)29/h3-9,16,34H,10-13H2,1-2H3. The SMILES string of the molecule is CC(C)(O)C1CC2(C1)C(=O)N(c1ccc(Cl)cc1F)CC(=O)N2Cc1ccc(C(F)(F)F)cc1. The second-order valence-electron chi connectivity index (χ2n) is 9.45. The van der Waals surface area contributed by atoms with Gasteiger partial charge in [0.25, 0.3) is 5.91 Å². The Morgan fingerprint density at radius 2 is 1.71 bits per heavy atom. The van der Waals surface area contributed by atoms with Gasteiger partial charge in [0.2, 0.25) is 5.91 Å². The molecular weight excluding hydrogens is 476 g/mol. The van der Waals surface area contributed by atoms with Crippen molar-refractivity contribution in [3.63, 3.8) is 0 Å². The molecule has 1 spiro atoms. The minimum atomic E-state index is -4.49. The van der Waals surface area contributed by atoms with Crippen molar-refractivity contribution in [2.24, 2.45) is 5.92 Å². The molecule has 2 aromatic carbocycles. The summed E-state index contributed by atoms with van der Waals surface area (Å²) in [7, 11) is 0. The fraction of sp³-hybridized carbons (Fsp3) is 0.417. The molecule has 0 bridgehead atoms. The first-order valence-electron chi connectivity index (χ1n) is 10.7. The van der Waals surface area contributed by atoms with E-state index in [4.69, 9.17) is 11.6 Å². The maximum Gasteiger partial charge on any atom is 0.416 e. The van der Waals surface area contributed by atoms with Gasteiger partial charge < -0.3 is 10.0 Å². The Hall–Kier alpha value is -2.65. The molecule has 1 aliphatic heterocycles. The van der Waals surface area contributed by atoms with Crippen LogP contribution >= 0.6 is 11.6 Å². The molecule has 5 nitrogen and oxygen atoms in total. The Morgan fingerprint density at radius 3 is 2.24 bits per heavy atom. The predicted octanol–water partition coefficient (Wildman–Crippen LogP) is 4.79. The molecular formula is C24H23ClF4N2O3. The van der Waals surface area contributed by atoms with E-state index in [0.29, 0.717) is 5.56 Å². The Balaban J connectivity index is 1.68. The van der Waals surface area contributed by atoms with Gasteiger partial charge in [-0.25, -0.2) is 4.39 Å². The molecule has 4 rings (SSSR count). The van der Waals surface area contributed by atoms with Crippen LogP contribution in [-0.2, 0) is 22.3 Å². The smallest absolute Gasteiger partial charge is 0.390 e. The monoisotopic (exact) mass is 498 g/mol. The van der Waals surface area contributed by atoms with Crippen LogP contribution in [0.1, 0.15) is 37.8 Å². The molecule has 1 saturated carbocycles. The fourth-order valence-corrected chi connectivity index (χ4v) is 4.82. The number of anilines is 1. The molecule has 1 N–H and O–H groups in total. The fourth-order valence-electron chi connectivity index (χ4n) is 4.66. The van der Waals surface area contributed by atoms with E-state index in [-0.39, 0.29) is 36.0 Å². The maximum atomic E-state index is 14.6. The van der Waals surface area contributed by atoms with Crippen LogP contribution in [0.15, 0.2) is 42.5 Å². The van der Waals surface area contributed by atoms with Gasteiger partial charge in [0.05, 0.1) is 16.9 Å². The van der Waals surface area contributed by atoms with E-state index in [1.54, 1.807) is 13.8 Å². The van der Waals surface area contributed by atoms with Gasteiger partial charge in [0.1, 0.15) is 17.9 Å². The van der Waals surface area contributed by atoms with Gasteiger partial charge in [-0.1, -0.05) is 23.7 Å². The van der Waals surface area contributed by atoms with E-state index in [0.717, 1.165) is 23.1 Å². The average Bonchev–Trinajstić information content (AvgIpc) is 2.68. The van der Waals surface area contributed by atoms with Gasteiger partial charge in [-0.3, -0.25) is 14.5 Å². The number of hydrogen-bond acceptors (Lipinski definition) is 3. The van der Waals surface area contributed by atoms with Crippen LogP contribution in [0.5, 0.6) is 0 Å². The molecule has 0 aromatic heterocycles. The van der Waals surface area contributed by atoms with Gasteiger partial charge in [-0.05, 0) is 68.5 Å². The summed E-state index contributed by atoms with van der Waals surface area (Å²) in [6.07, 6.45) is -4.20. The van der Waals surface area contributed by atoms with Gasteiger partial charge >= 0.3 is 6.18 Å². The zero-order valence-corrected chi connectivity index (χ0v) is 19.3. The normalized spacial score (nSPS) is 23.5. The number of amides is 2. The van der Waals surface area contributed by atoms with E-state index < -0.39 is 47.1 Å². The summed E-state index contributed by atoms with van der Waals surface area (Å²) in [6.45, 7) is 2.71. The van der Waals surface area contributed by atoms with Crippen molar-refractivity contribution >= 4 is 29.1 Å². The summed E-state index contributed by atoms with van der Waals surface area (Å²) in [4.78, 5) is 29.3. The minimum Gasteiger partial charge on any atom is -0.390 e. The first kappa shape index (κ1) is 24.5. The molecule has 0 unspecified atom stereocenters. The summed E-state index contributed by atoms with van der Waals surface area (Å²) in [5.41, 5.74) is -2.92. The number of alkyl halides is 3. The summed E-state index contributed by atoms with van der Waals surface area (Å²) in [5, 5.41) is 10.6. The highest BCUT2D eigenvalue weighted by atomic mass is 35.5. The van der Waals surface area contributed by atoms with E-state index in [1.807, 2.05) is 0 Å². The van der Waals surface area contributed by atoms with Crippen LogP contribution in [0, 0.1) is 11.7 Å². The molecule has 2 amide bonds. The Bertz CT molecular complexity index is 1120. The van der Waals surface area contributed by atoms with E-state index in [9.17, 15) is 32.3 Å². The molecule has 10 heteroatoms. The zero-order valence-electron chi connectivity index (χ0n) is 18.5. The number of nitrogens with zero attached hydrogens (tertiary/aromatic N) is 2. The largest absolute Gasteiger partial charge is 0.416 e. The third kappa shape index (κ3) is 4.27. The van der Waals surface area contributed by atoms with Crippen LogP contribution < -0.4 is 4.90 Å². The predicted molar refractivity (Wildman–Crippen MR) is 118 cm³/mol. The summed E-state index contributed by atoms with van der Waals surface area (Å²) in [5.74, 6) is -2.02. The van der Waals surface area contributed by atoms with Crippen LogP contribution in [0.2, 0.25) is 5.02 Å². The van der Waals surface area contributed by atoms with Crippen LogP contribution in [-0.4, -0.2) is 39.5 Å². The zero-order chi connectivity index (χ0) is 25.1. The number of carbonyl (C=O) groups excluding carboxylic acids is 2. The number of carbonyl (C=O) groups is 2. The number of hydrogen-bond donors (Lipinski definition) is 1. The molecule has 1 heterocycles. The lowest BCUT2D eigenvalue weighted by Crippen LogP contribution is -2.74. The first-order valence-corrected chi connectivity index (χ1v) is 11.1. The molecule has 2 fully saturated rings. The van der Waals surface area contributed by atoms with Crippen LogP contribution in [0.3, 0.4) is 0 Å². The summed E-state index contributed by atoms with van der Waals surface area (Å²) >= 11 is 5.82. The molecule has 34 heavy (non-hydrogen) atoms. The number of benzene rings is 2. The van der Waals surface area contributed by atoms with Crippen molar-refractivity contribution in [3.05, 3.63) is 64.4 Å². The second-order valence-corrected chi connectivity index (χ2v) is 9.89. The third-order valence-corrected chi connectivity index (χ3v) is 6.98. The Kier molecular flexibility index (Phi) is 5.93. The topological polar surface area (TPSA) is 60.9 Å². The Labute approximate surface area is 198 Å². The van der Waals surface area contributed by atoms with Gasteiger partial charge in [0.15, 0.2) is 0 Å². The number of rotatable bonds is 4. The molecule has 2 aromatic rings. The van der Waals surface area contributed by atoms with Gasteiger partial charge in [-0.15, -0.1) is 0 Å². The molecule has 182 valence electrons. The van der Waals surface area contributed by atoms with Crippen molar-refractivity contribution in [1.29, 1.82) is 0 Å². The van der Waals surface area contributed by atoms with E-state index in [1.165, 1.54) is 29.2 Å². The summed E-state index contributed by atoms with van der Waals surface area (Å²) in [6, 6.07) is 8.18. The number of halogens is 5. The second kappa shape index (κ2) is 8.23.